The van der Waals surface area contributed by atoms with Crippen LogP contribution in [0.15, 0.2) is 14.7 Å². The summed E-state index contributed by atoms with van der Waals surface area (Å²) in [5.74, 6) is 1.20. The van der Waals surface area contributed by atoms with Gasteiger partial charge in [-0.3, -0.25) is 14.3 Å². The third-order valence-electron chi connectivity index (χ3n) is 4.42. The average molecular weight is 407 g/mol. The molecule has 28 heavy (non-hydrogen) atoms. The van der Waals surface area contributed by atoms with Crippen molar-refractivity contribution in [2.75, 3.05) is 0 Å². The molecule has 0 aliphatic heterocycles. The summed E-state index contributed by atoms with van der Waals surface area (Å²) in [4.78, 5) is 31.8. The lowest BCUT2D eigenvalue weighted by Gasteiger charge is -2.19. The van der Waals surface area contributed by atoms with Crippen LogP contribution in [0.2, 0.25) is 0 Å². The van der Waals surface area contributed by atoms with Crippen LogP contribution in [0.5, 0.6) is 0 Å². The van der Waals surface area contributed by atoms with Gasteiger partial charge in [0, 0.05) is 13.1 Å². The zero-order valence-corrected chi connectivity index (χ0v) is 17.7. The predicted molar refractivity (Wildman–Crippen MR) is 108 cm³/mol. The highest BCUT2D eigenvalue weighted by molar-refractivity contribution is 7.98. The molecule has 0 aromatic carbocycles. The zero-order valence-electron chi connectivity index (χ0n) is 16.9. The number of aromatic amines is 1. The van der Waals surface area contributed by atoms with Crippen molar-refractivity contribution in [3.63, 3.8) is 0 Å². The van der Waals surface area contributed by atoms with Crippen molar-refractivity contribution in [3.05, 3.63) is 26.7 Å². The minimum Gasteiger partial charge on any atom is -0.322 e. The fourth-order valence-electron chi connectivity index (χ4n) is 3.01. The Morgan fingerprint density at radius 1 is 1.14 bits per heavy atom. The van der Waals surface area contributed by atoms with Gasteiger partial charge in [0.15, 0.2) is 11.2 Å². The lowest BCUT2D eigenvalue weighted by Crippen LogP contribution is -2.31. The highest BCUT2D eigenvalue weighted by Gasteiger charge is 2.22. The Morgan fingerprint density at radius 3 is 2.54 bits per heavy atom. The van der Waals surface area contributed by atoms with E-state index in [2.05, 4.69) is 32.4 Å². The molecule has 11 heteroatoms. The summed E-state index contributed by atoms with van der Waals surface area (Å²) in [6.45, 7) is 11.2. The molecule has 3 heterocycles. The normalized spacial score (nSPS) is 12.2. The van der Waals surface area contributed by atoms with Gasteiger partial charge >= 0.3 is 5.69 Å². The van der Waals surface area contributed by atoms with Crippen molar-refractivity contribution in [2.45, 2.75) is 77.0 Å². The summed E-state index contributed by atoms with van der Waals surface area (Å²) >= 11 is 1.46. The Labute approximate surface area is 166 Å². The molecule has 0 atom stereocenters. The molecular weight excluding hydrogens is 380 g/mol. The smallest absolute Gasteiger partial charge is 0.322 e. The number of hydrogen-bond acceptors (Lipinski definition) is 7. The molecule has 0 aliphatic rings. The van der Waals surface area contributed by atoms with Crippen LogP contribution in [0.1, 0.15) is 53.3 Å². The van der Waals surface area contributed by atoms with Crippen LogP contribution in [-0.4, -0.2) is 39.3 Å². The fourth-order valence-corrected chi connectivity index (χ4v) is 4.02. The fraction of sp³-hybridized carbons (Fsp3) is 0.647. The maximum absolute atomic E-state index is 12.5. The molecule has 0 radical (unpaired) electrons. The van der Waals surface area contributed by atoms with Gasteiger partial charge in [-0.15, -0.1) is 5.10 Å². The molecular formula is C17H26N8O2S. The van der Waals surface area contributed by atoms with Crippen molar-refractivity contribution < 1.29 is 0 Å². The Kier molecular flexibility index (Phi) is 5.73. The SMILES string of the molecule is CCCCn1c(=O)[nH]c(=O)c2c1nc(CSc1nnnn1C(C)(C)C)n2CC. The van der Waals surface area contributed by atoms with Crippen molar-refractivity contribution >= 4 is 22.9 Å². The molecule has 1 N–H and O–H groups in total. The summed E-state index contributed by atoms with van der Waals surface area (Å²) in [7, 11) is 0. The van der Waals surface area contributed by atoms with Gasteiger partial charge in [-0.25, -0.2) is 14.5 Å². The number of thioether (sulfide) groups is 1. The van der Waals surface area contributed by atoms with Gasteiger partial charge in [0.1, 0.15) is 5.82 Å². The molecule has 0 amide bonds. The second-order valence-electron chi connectivity index (χ2n) is 7.54. The van der Waals surface area contributed by atoms with E-state index >= 15 is 0 Å². The molecule has 0 unspecified atom stereocenters. The van der Waals surface area contributed by atoms with Crippen molar-refractivity contribution in [1.82, 2.24) is 39.3 Å². The van der Waals surface area contributed by atoms with E-state index in [1.165, 1.54) is 11.8 Å². The molecule has 3 aromatic heterocycles. The summed E-state index contributed by atoms with van der Waals surface area (Å²) in [5, 5.41) is 12.6. The lowest BCUT2D eigenvalue weighted by molar-refractivity contribution is 0.321. The second-order valence-corrected chi connectivity index (χ2v) is 8.48. The Balaban J connectivity index is 2.03. The Bertz CT molecular complexity index is 1090. The number of aryl methyl sites for hydroxylation is 2. The maximum Gasteiger partial charge on any atom is 0.330 e. The zero-order chi connectivity index (χ0) is 20.5. The van der Waals surface area contributed by atoms with E-state index in [1.54, 1.807) is 9.25 Å². The van der Waals surface area contributed by atoms with Gasteiger partial charge in [-0.2, -0.15) is 0 Å². The van der Waals surface area contributed by atoms with E-state index in [0.717, 1.165) is 12.8 Å². The first-order chi connectivity index (χ1) is 13.3. The number of imidazole rings is 1. The summed E-state index contributed by atoms with van der Waals surface area (Å²) in [5.41, 5.74) is -0.186. The first kappa shape index (κ1) is 20.3. The standard InChI is InChI=1S/C17H26N8O2S/c1-6-8-9-24-13-12(14(26)19-15(24)27)23(7-2)11(18-13)10-28-16-20-21-22-25(16)17(3,4)5/h6-10H2,1-5H3,(H,19,26,27). The maximum atomic E-state index is 12.5. The molecule has 0 spiro atoms. The molecule has 0 saturated carbocycles. The Hall–Kier alpha value is -2.43. The minimum atomic E-state index is -0.414. The van der Waals surface area contributed by atoms with E-state index in [0.29, 0.717) is 41.0 Å². The minimum absolute atomic E-state index is 0.242. The van der Waals surface area contributed by atoms with E-state index in [1.807, 2.05) is 32.3 Å². The van der Waals surface area contributed by atoms with Crippen LogP contribution in [0.4, 0.5) is 0 Å². The quantitative estimate of drug-likeness (QED) is 0.594. The molecule has 152 valence electrons. The molecule has 0 aliphatic carbocycles. The van der Waals surface area contributed by atoms with Gasteiger partial charge in [0.25, 0.3) is 5.56 Å². The van der Waals surface area contributed by atoms with Gasteiger partial charge in [0.2, 0.25) is 5.16 Å². The monoisotopic (exact) mass is 406 g/mol. The lowest BCUT2D eigenvalue weighted by atomic mass is 10.1. The molecule has 3 aromatic rings. The van der Waals surface area contributed by atoms with Crippen LogP contribution in [0.3, 0.4) is 0 Å². The van der Waals surface area contributed by atoms with Crippen LogP contribution < -0.4 is 11.2 Å². The topological polar surface area (TPSA) is 116 Å². The Morgan fingerprint density at radius 2 is 1.89 bits per heavy atom. The van der Waals surface area contributed by atoms with E-state index in [9.17, 15) is 9.59 Å². The third-order valence-corrected chi connectivity index (χ3v) is 5.34. The summed E-state index contributed by atoms with van der Waals surface area (Å²) in [6.07, 6.45) is 1.78. The van der Waals surface area contributed by atoms with Gasteiger partial charge in [-0.05, 0) is 44.5 Å². The number of tetrazole rings is 1. The number of nitrogens with zero attached hydrogens (tertiary/aromatic N) is 7. The second kappa shape index (κ2) is 7.90. The summed E-state index contributed by atoms with van der Waals surface area (Å²) in [6, 6.07) is 0. The van der Waals surface area contributed by atoms with Crippen LogP contribution in [0.25, 0.3) is 11.2 Å². The van der Waals surface area contributed by atoms with Crippen LogP contribution in [-0.2, 0) is 24.4 Å². The number of unbranched alkanes of at least 4 members (excludes halogenated alkanes) is 1. The number of H-pyrrole nitrogens is 1. The van der Waals surface area contributed by atoms with Crippen molar-refractivity contribution in [2.24, 2.45) is 0 Å². The molecule has 0 fully saturated rings. The first-order valence-corrected chi connectivity index (χ1v) is 10.4. The number of nitrogens with one attached hydrogen (secondary N) is 1. The van der Waals surface area contributed by atoms with Crippen LogP contribution in [0, 0.1) is 0 Å². The largest absolute Gasteiger partial charge is 0.330 e. The van der Waals surface area contributed by atoms with Crippen molar-refractivity contribution in [1.29, 1.82) is 0 Å². The van der Waals surface area contributed by atoms with Gasteiger partial charge < -0.3 is 4.57 Å². The van der Waals surface area contributed by atoms with Gasteiger partial charge in [0.05, 0.1) is 11.3 Å². The highest BCUT2D eigenvalue weighted by Crippen LogP contribution is 2.25. The molecule has 0 saturated heterocycles. The molecule has 10 nitrogen and oxygen atoms in total. The van der Waals surface area contributed by atoms with Gasteiger partial charge in [-0.1, -0.05) is 25.1 Å². The van der Waals surface area contributed by atoms with E-state index in [-0.39, 0.29) is 5.54 Å². The number of hydrogen-bond donors (Lipinski definition) is 1. The first-order valence-electron chi connectivity index (χ1n) is 9.41. The number of rotatable bonds is 7. The van der Waals surface area contributed by atoms with Crippen LogP contribution >= 0.6 is 11.8 Å². The average Bonchev–Trinajstić information content (AvgIpc) is 3.23. The van der Waals surface area contributed by atoms with E-state index in [4.69, 9.17) is 0 Å². The van der Waals surface area contributed by atoms with E-state index < -0.39 is 11.2 Å². The predicted octanol–water partition coefficient (Wildman–Crippen LogP) is 1.74. The molecule has 0 bridgehead atoms. The van der Waals surface area contributed by atoms with Crippen molar-refractivity contribution in [3.8, 4) is 0 Å². The third kappa shape index (κ3) is 3.75. The molecule has 3 rings (SSSR count). The summed E-state index contributed by atoms with van der Waals surface area (Å²) < 4.78 is 5.18. The highest BCUT2D eigenvalue weighted by atomic mass is 32.2. The number of aromatic nitrogens is 8. The number of fused-ring (bicyclic) bond motifs is 1.